The molecule has 0 aromatic heterocycles. The summed E-state index contributed by atoms with van der Waals surface area (Å²) in [6.07, 6.45) is 25.1. The molecule has 1 amide bonds. The van der Waals surface area contributed by atoms with Gasteiger partial charge in [0.1, 0.15) is 13.6 Å². The Balaban J connectivity index is 2.24. The molecule has 0 atom stereocenters. The van der Waals surface area contributed by atoms with E-state index in [4.69, 9.17) is 18.9 Å². The monoisotopic (exact) mass is 747 g/mol. The van der Waals surface area contributed by atoms with E-state index in [1.807, 2.05) is 32.3 Å². The van der Waals surface area contributed by atoms with Crippen LogP contribution >= 0.6 is 0 Å². The van der Waals surface area contributed by atoms with Crippen molar-refractivity contribution in [1.29, 1.82) is 0 Å². The number of amides is 1. The molecular weight excluding hydrogens is 665 g/mol. The minimum absolute atomic E-state index is 0.0376. The maximum atomic E-state index is 12.3. The Hall–Kier alpha value is -2.01. The van der Waals surface area contributed by atoms with Crippen molar-refractivity contribution in [2.24, 2.45) is 0 Å². The van der Waals surface area contributed by atoms with Crippen molar-refractivity contribution in [3.63, 3.8) is 0 Å². The third kappa shape index (κ3) is 32.0. The number of carbonyl (C=O) groups is 1. The maximum absolute atomic E-state index is 12.3. The SMILES string of the molecule is CCCCCCOCOCCCCCCN(CCCCCCOCOCCCCCC)CCCN(C)CCCNC(=O)/C=C/c1ccc(N(C)C)cc1. The number of benzene rings is 1. The summed E-state index contributed by atoms with van der Waals surface area (Å²) in [6, 6.07) is 8.19. The fourth-order valence-electron chi connectivity index (χ4n) is 6.09. The van der Waals surface area contributed by atoms with Crippen molar-refractivity contribution >= 4 is 17.7 Å². The van der Waals surface area contributed by atoms with Crippen molar-refractivity contribution < 1.29 is 23.7 Å². The number of anilines is 1. The highest BCUT2D eigenvalue weighted by atomic mass is 16.7. The zero-order chi connectivity index (χ0) is 38.5. The second kappa shape index (κ2) is 36.9. The molecule has 0 aliphatic heterocycles. The molecule has 1 aromatic rings. The van der Waals surface area contributed by atoms with Gasteiger partial charge in [0.15, 0.2) is 0 Å². The van der Waals surface area contributed by atoms with Crippen LogP contribution in [0.4, 0.5) is 5.69 Å². The maximum Gasteiger partial charge on any atom is 0.243 e. The van der Waals surface area contributed by atoms with E-state index in [1.54, 1.807) is 6.08 Å². The molecule has 53 heavy (non-hydrogen) atoms. The van der Waals surface area contributed by atoms with Gasteiger partial charge in [0, 0.05) is 58.8 Å². The first-order chi connectivity index (χ1) is 26.0. The molecule has 1 rings (SSSR count). The molecule has 9 heteroatoms. The molecule has 0 aliphatic rings. The number of unbranched alkanes of at least 4 members (excludes halogenated alkanes) is 12. The van der Waals surface area contributed by atoms with Crippen molar-refractivity contribution in [3.05, 3.63) is 35.9 Å². The zero-order valence-electron chi connectivity index (χ0n) is 35.1. The van der Waals surface area contributed by atoms with Crippen LogP contribution in [0, 0.1) is 0 Å². The Morgan fingerprint density at radius 1 is 0.566 bits per heavy atom. The highest BCUT2D eigenvalue weighted by Crippen LogP contribution is 2.13. The molecule has 0 saturated heterocycles. The van der Waals surface area contributed by atoms with E-state index in [2.05, 4.69) is 53.0 Å². The van der Waals surface area contributed by atoms with Gasteiger partial charge in [-0.3, -0.25) is 4.79 Å². The third-order valence-corrected chi connectivity index (χ3v) is 9.51. The van der Waals surface area contributed by atoms with Gasteiger partial charge in [-0.25, -0.2) is 0 Å². The molecule has 0 fully saturated rings. The molecule has 0 heterocycles. The Kier molecular flexibility index (Phi) is 34.2. The lowest BCUT2D eigenvalue weighted by Gasteiger charge is -2.24. The van der Waals surface area contributed by atoms with Crippen molar-refractivity contribution in [2.45, 2.75) is 129 Å². The molecule has 308 valence electrons. The number of hydrogen-bond acceptors (Lipinski definition) is 8. The second-order valence-corrected chi connectivity index (χ2v) is 14.8. The van der Waals surface area contributed by atoms with Crippen LogP contribution in [-0.4, -0.2) is 116 Å². The summed E-state index contributed by atoms with van der Waals surface area (Å²) in [5, 5.41) is 3.03. The Bertz CT molecular complexity index is 932. The molecular formula is C44H82N4O5. The number of rotatable bonds is 39. The summed E-state index contributed by atoms with van der Waals surface area (Å²) in [6.45, 7) is 14.8. The first-order valence-corrected chi connectivity index (χ1v) is 21.4. The molecule has 0 aliphatic carbocycles. The summed E-state index contributed by atoms with van der Waals surface area (Å²) in [4.78, 5) is 19.5. The number of hydrogen-bond donors (Lipinski definition) is 1. The van der Waals surface area contributed by atoms with Crippen LogP contribution in [0.2, 0.25) is 0 Å². The van der Waals surface area contributed by atoms with Gasteiger partial charge in [0.2, 0.25) is 5.91 Å². The van der Waals surface area contributed by atoms with E-state index >= 15 is 0 Å². The second-order valence-electron chi connectivity index (χ2n) is 14.8. The van der Waals surface area contributed by atoms with Gasteiger partial charge in [-0.2, -0.15) is 0 Å². The number of nitrogens with zero attached hydrogens (tertiary/aromatic N) is 3. The van der Waals surface area contributed by atoms with E-state index in [0.717, 1.165) is 95.8 Å². The lowest BCUT2D eigenvalue weighted by atomic mass is 10.1. The van der Waals surface area contributed by atoms with Crippen LogP contribution < -0.4 is 10.2 Å². The van der Waals surface area contributed by atoms with E-state index in [0.29, 0.717) is 20.1 Å². The number of carbonyl (C=O) groups excluding carboxylic acids is 1. The van der Waals surface area contributed by atoms with Gasteiger partial charge in [0.05, 0.1) is 0 Å². The van der Waals surface area contributed by atoms with Gasteiger partial charge >= 0.3 is 0 Å². The molecule has 1 aromatic carbocycles. The topological polar surface area (TPSA) is 75.7 Å². The normalized spacial score (nSPS) is 11.8. The van der Waals surface area contributed by atoms with Crippen LogP contribution in [0.3, 0.4) is 0 Å². The first-order valence-electron chi connectivity index (χ1n) is 21.4. The Morgan fingerprint density at radius 3 is 1.51 bits per heavy atom. The fraction of sp³-hybridized carbons (Fsp3) is 0.795. The largest absolute Gasteiger partial charge is 0.378 e. The van der Waals surface area contributed by atoms with Gasteiger partial charge in [-0.1, -0.05) is 90.2 Å². The van der Waals surface area contributed by atoms with Gasteiger partial charge in [0.25, 0.3) is 0 Å². The molecule has 0 bridgehead atoms. The summed E-state index contributed by atoms with van der Waals surface area (Å²) < 4.78 is 22.5. The summed E-state index contributed by atoms with van der Waals surface area (Å²) in [7, 11) is 6.24. The molecule has 0 saturated carbocycles. The highest BCUT2D eigenvalue weighted by molar-refractivity contribution is 5.91. The number of ether oxygens (including phenoxy) is 4. The van der Waals surface area contributed by atoms with Gasteiger partial charge in [-0.05, 0) is 115 Å². The average Bonchev–Trinajstić information content (AvgIpc) is 3.16. The van der Waals surface area contributed by atoms with E-state index in [9.17, 15) is 4.79 Å². The van der Waals surface area contributed by atoms with Crippen LogP contribution in [0.25, 0.3) is 6.08 Å². The van der Waals surface area contributed by atoms with E-state index < -0.39 is 0 Å². The summed E-state index contributed by atoms with van der Waals surface area (Å²) >= 11 is 0. The smallest absolute Gasteiger partial charge is 0.243 e. The molecule has 1 N–H and O–H groups in total. The lowest BCUT2D eigenvalue weighted by molar-refractivity contribution is -0.116. The quantitative estimate of drug-likeness (QED) is 0.0406. The predicted molar refractivity (Wildman–Crippen MR) is 225 cm³/mol. The molecule has 9 nitrogen and oxygen atoms in total. The van der Waals surface area contributed by atoms with Crippen LogP contribution in [0.5, 0.6) is 0 Å². The van der Waals surface area contributed by atoms with Gasteiger partial charge in [-0.15, -0.1) is 0 Å². The fourth-order valence-corrected chi connectivity index (χ4v) is 6.09. The first kappa shape index (κ1) is 49.0. The van der Waals surface area contributed by atoms with Gasteiger partial charge < -0.3 is 39.0 Å². The van der Waals surface area contributed by atoms with E-state index in [1.165, 1.54) is 90.1 Å². The minimum atomic E-state index is -0.0376. The third-order valence-electron chi connectivity index (χ3n) is 9.51. The average molecular weight is 747 g/mol. The predicted octanol–water partition coefficient (Wildman–Crippen LogP) is 9.16. The summed E-state index contributed by atoms with van der Waals surface area (Å²) in [5.74, 6) is -0.0376. The highest BCUT2D eigenvalue weighted by Gasteiger charge is 2.07. The lowest BCUT2D eigenvalue weighted by Crippen LogP contribution is -2.31. The molecule has 0 unspecified atom stereocenters. The van der Waals surface area contributed by atoms with Crippen molar-refractivity contribution in [3.8, 4) is 0 Å². The molecule has 0 radical (unpaired) electrons. The minimum Gasteiger partial charge on any atom is -0.378 e. The summed E-state index contributed by atoms with van der Waals surface area (Å²) in [5.41, 5.74) is 2.17. The van der Waals surface area contributed by atoms with E-state index in [-0.39, 0.29) is 5.91 Å². The van der Waals surface area contributed by atoms with Crippen molar-refractivity contribution in [1.82, 2.24) is 15.1 Å². The standard InChI is InChI=1S/C44H82N4O5/c1-6-8-10-18-36-50-40-52-38-20-14-12-16-33-48(34-17-13-15-21-39-53-41-51-37-19-11-9-7-2)35-23-32-47(5)31-22-30-45-44(49)29-26-42-24-27-43(28-25-42)46(3)4/h24-29H,6-23,30-41H2,1-5H3,(H,45,49)/b29-26+. The van der Waals surface area contributed by atoms with Crippen LogP contribution in [0.1, 0.15) is 135 Å². The van der Waals surface area contributed by atoms with Crippen molar-refractivity contribution in [2.75, 3.05) is 105 Å². The zero-order valence-corrected chi connectivity index (χ0v) is 35.1. The van der Waals surface area contributed by atoms with Crippen LogP contribution in [-0.2, 0) is 23.7 Å². The van der Waals surface area contributed by atoms with Crippen LogP contribution in [0.15, 0.2) is 30.3 Å². The molecule has 0 spiro atoms. The number of nitrogens with one attached hydrogen (secondary N) is 1. The Labute approximate surface area is 326 Å². The Morgan fingerprint density at radius 2 is 1.02 bits per heavy atom.